The van der Waals surface area contributed by atoms with E-state index in [1.807, 2.05) is 50.2 Å². The molecule has 24 heavy (non-hydrogen) atoms. The van der Waals surface area contributed by atoms with Crippen molar-refractivity contribution >= 4 is 11.6 Å². The Balaban J connectivity index is 2.03. The molecule has 0 amide bonds. The van der Waals surface area contributed by atoms with Gasteiger partial charge in [-0.1, -0.05) is 35.9 Å². The van der Waals surface area contributed by atoms with Crippen molar-refractivity contribution in [3.8, 4) is 5.69 Å². The first-order valence-electron chi connectivity index (χ1n) is 7.60. The molecule has 0 saturated carbocycles. The molecule has 0 aliphatic heterocycles. The molecule has 1 heterocycles. The zero-order valence-electron chi connectivity index (χ0n) is 13.5. The Morgan fingerprint density at radius 2 is 1.67 bits per heavy atom. The Morgan fingerprint density at radius 1 is 0.917 bits per heavy atom. The average Bonchev–Trinajstić information content (AvgIpc) is 2.57. The van der Waals surface area contributed by atoms with Crippen LogP contribution in [-0.4, -0.2) is 9.13 Å². The van der Waals surface area contributed by atoms with Gasteiger partial charge in [-0.15, -0.1) is 0 Å². The minimum Gasteiger partial charge on any atom is -0.305 e. The highest BCUT2D eigenvalue weighted by Gasteiger charge is 2.09. The molecule has 0 spiro atoms. The molecule has 0 N–H and O–H groups in total. The maximum absolute atomic E-state index is 12.5. The lowest BCUT2D eigenvalue weighted by Crippen LogP contribution is -2.40. The first-order chi connectivity index (χ1) is 11.5. The summed E-state index contributed by atoms with van der Waals surface area (Å²) >= 11 is 6.13. The van der Waals surface area contributed by atoms with Crippen LogP contribution in [0.5, 0.6) is 0 Å². The van der Waals surface area contributed by atoms with Crippen LogP contribution in [0.4, 0.5) is 0 Å². The van der Waals surface area contributed by atoms with Crippen molar-refractivity contribution in [3.63, 3.8) is 0 Å². The molecule has 0 atom stereocenters. The van der Waals surface area contributed by atoms with E-state index >= 15 is 0 Å². The maximum Gasteiger partial charge on any atom is 0.320 e. The van der Waals surface area contributed by atoms with Crippen LogP contribution in [0.2, 0.25) is 5.02 Å². The van der Waals surface area contributed by atoms with Crippen molar-refractivity contribution in [3.05, 3.63) is 97.3 Å². The Hall–Kier alpha value is -2.59. The highest BCUT2D eigenvalue weighted by atomic mass is 35.5. The summed E-state index contributed by atoms with van der Waals surface area (Å²) in [7, 11) is 0. The largest absolute Gasteiger partial charge is 0.320 e. The number of aryl methyl sites for hydroxylation is 2. The number of rotatable bonds is 3. The van der Waals surface area contributed by atoms with Crippen molar-refractivity contribution in [2.24, 2.45) is 0 Å². The van der Waals surface area contributed by atoms with E-state index in [-0.39, 0.29) is 6.54 Å². The third-order valence-corrected chi connectivity index (χ3v) is 4.49. The van der Waals surface area contributed by atoms with Crippen LogP contribution in [0.3, 0.4) is 0 Å². The van der Waals surface area contributed by atoms with Gasteiger partial charge in [0.15, 0.2) is 0 Å². The number of aromatic nitrogens is 2. The van der Waals surface area contributed by atoms with Crippen LogP contribution < -0.4 is 11.1 Å². The lowest BCUT2D eigenvalue weighted by atomic mass is 10.1. The standard InChI is InChI=1S/C19H17ClN2O2/c1-13-7-8-16(11-14(13)2)22-10-9-21(18(23)19(22)24)12-15-5-3-4-6-17(15)20/h3-11H,12H2,1-2H3. The van der Waals surface area contributed by atoms with Crippen molar-refractivity contribution in [1.82, 2.24) is 9.13 Å². The van der Waals surface area contributed by atoms with Crippen molar-refractivity contribution < 1.29 is 0 Å². The second-order valence-electron chi connectivity index (χ2n) is 5.77. The SMILES string of the molecule is Cc1ccc(-n2ccn(Cc3ccccc3Cl)c(=O)c2=O)cc1C. The van der Waals surface area contributed by atoms with Crippen LogP contribution in [-0.2, 0) is 6.54 Å². The van der Waals surface area contributed by atoms with Gasteiger partial charge >= 0.3 is 11.1 Å². The zero-order chi connectivity index (χ0) is 17.3. The topological polar surface area (TPSA) is 44.0 Å². The molecule has 0 fully saturated rings. The lowest BCUT2D eigenvalue weighted by molar-refractivity contribution is 0.718. The Labute approximate surface area is 144 Å². The molecular weight excluding hydrogens is 324 g/mol. The summed E-state index contributed by atoms with van der Waals surface area (Å²) in [6.45, 7) is 4.24. The minimum absolute atomic E-state index is 0.265. The molecule has 122 valence electrons. The summed E-state index contributed by atoms with van der Waals surface area (Å²) in [4.78, 5) is 24.9. The van der Waals surface area contributed by atoms with E-state index in [1.165, 1.54) is 9.13 Å². The fourth-order valence-electron chi connectivity index (χ4n) is 2.52. The first kappa shape index (κ1) is 16.3. The van der Waals surface area contributed by atoms with Crippen LogP contribution in [0.25, 0.3) is 5.69 Å². The molecule has 3 rings (SSSR count). The molecule has 0 saturated heterocycles. The van der Waals surface area contributed by atoms with Gasteiger partial charge < -0.3 is 4.57 Å². The van der Waals surface area contributed by atoms with E-state index in [0.29, 0.717) is 10.7 Å². The summed E-state index contributed by atoms with van der Waals surface area (Å²) in [6.07, 6.45) is 3.23. The summed E-state index contributed by atoms with van der Waals surface area (Å²) in [6, 6.07) is 12.9. The van der Waals surface area contributed by atoms with Crippen molar-refractivity contribution in [1.29, 1.82) is 0 Å². The van der Waals surface area contributed by atoms with Crippen LogP contribution in [0.1, 0.15) is 16.7 Å². The van der Waals surface area contributed by atoms with E-state index in [0.717, 1.165) is 16.7 Å². The number of hydrogen-bond acceptors (Lipinski definition) is 2. The first-order valence-corrected chi connectivity index (χ1v) is 7.98. The van der Waals surface area contributed by atoms with E-state index in [9.17, 15) is 9.59 Å². The molecule has 2 aromatic carbocycles. The molecule has 0 unspecified atom stereocenters. The third kappa shape index (κ3) is 3.05. The summed E-state index contributed by atoms with van der Waals surface area (Å²) in [5, 5.41) is 0.572. The predicted molar refractivity (Wildman–Crippen MR) is 96.3 cm³/mol. The van der Waals surface area contributed by atoms with Gasteiger partial charge in [0.05, 0.1) is 6.54 Å². The van der Waals surface area contributed by atoms with Gasteiger partial charge in [0, 0.05) is 23.1 Å². The summed E-state index contributed by atoms with van der Waals surface area (Å²) in [5.41, 5.74) is 2.54. The van der Waals surface area contributed by atoms with Crippen molar-refractivity contribution in [2.45, 2.75) is 20.4 Å². The third-order valence-electron chi connectivity index (χ3n) is 4.13. The second kappa shape index (κ2) is 6.49. The predicted octanol–water partition coefficient (Wildman–Crippen LogP) is 3.32. The van der Waals surface area contributed by atoms with Crippen LogP contribution >= 0.6 is 11.6 Å². The highest BCUT2D eigenvalue weighted by molar-refractivity contribution is 6.31. The van der Waals surface area contributed by atoms with Crippen molar-refractivity contribution in [2.75, 3.05) is 0 Å². The normalized spacial score (nSPS) is 10.8. The minimum atomic E-state index is -0.576. The maximum atomic E-state index is 12.5. The molecule has 5 heteroatoms. The Bertz CT molecular complexity index is 1020. The van der Waals surface area contributed by atoms with Gasteiger partial charge in [0.1, 0.15) is 0 Å². The number of hydrogen-bond donors (Lipinski definition) is 0. The Kier molecular flexibility index (Phi) is 4.40. The quantitative estimate of drug-likeness (QED) is 0.686. The molecule has 4 nitrogen and oxygen atoms in total. The van der Waals surface area contributed by atoms with E-state index in [2.05, 4.69) is 0 Å². The molecule has 0 aliphatic carbocycles. The van der Waals surface area contributed by atoms with Crippen LogP contribution in [0.15, 0.2) is 64.4 Å². The van der Waals surface area contributed by atoms with Gasteiger partial charge in [0.2, 0.25) is 0 Å². The van der Waals surface area contributed by atoms with Crippen LogP contribution in [0, 0.1) is 13.8 Å². The molecule has 3 aromatic rings. The van der Waals surface area contributed by atoms with Gasteiger partial charge in [0.25, 0.3) is 0 Å². The Morgan fingerprint density at radius 3 is 2.38 bits per heavy atom. The molecule has 0 aliphatic rings. The molecule has 1 aromatic heterocycles. The molecule has 0 radical (unpaired) electrons. The van der Waals surface area contributed by atoms with E-state index in [4.69, 9.17) is 11.6 Å². The zero-order valence-corrected chi connectivity index (χ0v) is 14.2. The average molecular weight is 341 g/mol. The molecular formula is C19H17ClN2O2. The van der Waals surface area contributed by atoms with E-state index in [1.54, 1.807) is 18.5 Å². The smallest absolute Gasteiger partial charge is 0.305 e. The number of benzene rings is 2. The fraction of sp³-hybridized carbons (Fsp3) is 0.158. The van der Waals surface area contributed by atoms with Gasteiger partial charge in [-0.2, -0.15) is 0 Å². The van der Waals surface area contributed by atoms with Gasteiger partial charge in [-0.05, 0) is 48.7 Å². The highest BCUT2D eigenvalue weighted by Crippen LogP contribution is 2.15. The van der Waals surface area contributed by atoms with Gasteiger partial charge in [-0.3, -0.25) is 14.2 Å². The lowest BCUT2D eigenvalue weighted by Gasteiger charge is -2.11. The second-order valence-corrected chi connectivity index (χ2v) is 6.17. The summed E-state index contributed by atoms with van der Waals surface area (Å²) in [5.74, 6) is 0. The molecule has 0 bridgehead atoms. The number of halogens is 1. The van der Waals surface area contributed by atoms with E-state index < -0.39 is 11.1 Å². The number of nitrogens with zero attached hydrogens (tertiary/aromatic N) is 2. The summed E-state index contributed by atoms with van der Waals surface area (Å²) < 4.78 is 2.75. The monoisotopic (exact) mass is 340 g/mol. The van der Waals surface area contributed by atoms with Gasteiger partial charge in [-0.25, -0.2) is 0 Å². The fourth-order valence-corrected chi connectivity index (χ4v) is 2.72.